The van der Waals surface area contributed by atoms with E-state index < -0.39 is 0 Å². The zero-order valence-electron chi connectivity index (χ0n) is 19.6. The van der Waals surface area contributed by atoms with Gasteiger partial charge in [0.25, 0.3) is 5.91 Å². The third-order valence-corrected chi connectivity index (χ3v) is 6.23. The summed E-state index contributed by atoms with van der Waals surface area (Å²) in [7, 11) is 0. The smallest absolute Gasteiger partial charge is 0.259 e. The van der Waals surface area contributed by atoms with E-state index in [9.17, 15) is 9.18 Å². The van der Waals surface area contributed by atoms with Gasteiger partial charge in [-0.3, -0.25) is 9.78 Å². The SMILES string of the molecule is O=C(c1cccnc1)N1CCCCCCCNCc2cc(NCCc3ccc(F)cc3)ccc21. The van der Waals surface area contributed by atoms with Crippen molar-refractivity contribution >= 4 is 17.3 Å². The van der Waals surface area contributed by atoms with Crippen LogP contribution in [0.5, 0.6) is 0 Å². The molecule has 4 rings (SSSR count). The van der Waals surface area contributed by atoms with Crippen molar-refractivity contribution in [3.05, 3.63) is 89.5 Å². The Morgan fingerprint density at radius 2 is 1.85 bits per heavy atom. The molecule has 0 radical (unpaired) electrons. The van der Waals surface area contributed by atoms with Crippen molar-refractivity contribution in [1.82, 2.24) is 10.3 Å². The molecule has 0 saturated heterocycles. The van der Waals surface area contributed by atoms with Crippen LogP contribution in [0.2, 0.25) is 0 Å². The standard InChI is InChI=1S/C28H33FN4O/c29-25-10-8-22(9-11-25)14-17-32-26-12-13-27-24(19-26)21-30-15-4-2-1-3-5-18-33(27)28(34)23-7-6-16-31-20-23/h6-13,16,19-20,30,32H,1-5,14-15,17-18,21H2. The molecule has 0 spiro atoms. The molecule has 0 aliphatic carbocycles. The number of nitrogens with one attached hydrogen (secondary N) is 2. The second-order valence-electron chi connectivity index (χ2n) is 8.79. The summed E-state index contributed by atoms with van der Waals surface area (Å²) in [6.45, 7) is 3.12. The van der Waals surface area contributed by atoms with Crippen LogP contribution in [0, 0.1) is 5.82 Å². The van der Waals surface area contributed by atoms with E-state index in [-0.39, 0.29) is 11.7 Å². The minimum absolute atomic E-state index is 0.0107. The van der Waals surface area contributed by atoms with Crippen molar-refractivity contribution in [2.45, 2.75) is 45.1 Å². The van der Waals surface area contributed by atoms with Gasteiger partial charge >= 0.3 is 0 Å². The zero-order chi connectivity index (χ0) is 23.6. The number of aromatic nitrogens is 1. The molecular formula is C28H33FN4O. The summed E-state index contributed by atoms with van der Waals surface area (Å²) in [6.07, 6.45) is 9.81. The molecule has 34 heavy (non-hydrogen) atoms. The molecule has 1 amide bonds. The van der Waals surface area contributed by atoms with E-state index in [1.807, 2.05) is 29.2 Å². The normalized spacial score (nSPS) is 15.0. The van der Waals surface area contributed by atoms with Crippen molar-refractivity contribution < 1.29 is 9.18 Å². The third kappa shape index (κ3) is 6.64. The molecule has 6 heteroatoms. The van der Waals surface area contributed by atoms with E-state index in [1.165, 1.54) is 31.4 Å². The average Bonchev–Trinajstić information content (AvgIpc) is 2.86. The molecule has 1 aliphatic rings. The topological polar surface area (TPSA) is 57.3 Å². The van der Waals surface area contributed by atoms with Crippen LogP contribution in [-0.2, 0) is 13.0 Å². The summed E-state index contributed by atoms with van der Waals surface area (Å²) >= 11 is 0. The summed E-state index contributed by atoms with van der Waals surface area (Å²) < 4.78 is 13.1. The fourth-order valence-electron chi connectivity index (χ4n) is 4.35. The highest BCUT2D eigenvalue weighted by Crippen LogP contribution is 2.27. The van der Waals surface area contributed by atoms with Gasteiger partial charge in [-0.05, 0) is 79.4 Å². The summed E-state index contributed by atoms with van der Waals surface area (Å²) in [5.41, 5.74) is 4.77. The van der Waals surface area contributed by atoms with Gasteiger partial charge in [0.1, 0.15) is 5.82 Å². The van der Waals surface area contributed by atoms with Gasteiger partial charge in [0, 0.05) is 43.4 Å². The largest absolute Gasteiger partial charge is 0.385 e. The number of halogens is 1. The van der Waals surface area contributed by atoms with Crippen molar-refractivity contribution in [2.75, 3.05) is 29.9 Å². The molecule has 0 atom stereocenters. The Bertz CT molecular complexity index is 1060. The fraction of sp³-hybridized carbons (Fsp3) is 0.357. The first-order valence-corrected chi connectivity index (χ1v) is 12.2. The van der Waals surface area contributed by atoms with Gasteiger partial charge in [0.2, 0.25) is 0 Å². The van der Waals surface area contributed by atoms with Crippen LogP contribution >= 0.6 is 0 Å². The van der Waals surface area contributed by atoms with Crippen LogP contribution in [0.15, 0.2) is 67.0 Å². The number of benzene rings is 2. The Hall–Kier alpha value is -3.25. The zero-order valence-corrected chi connectivity index (χ0v) is 19.6. The van der Waals surface area contributed by atoms with Crippen LogP contribution in [0.1, 0.15) is 53.6 Å². The Balaban J connectivity index is 1.54. The predicted molar refractivity (Wildman–Crippen MR) is 136 cm³/mol. The van der Waals surface area contributed by atoms with Crippen LogP contribution in [0.3, 0.4) is 0 Å². The Morgan fingerprint density at radius 1 is 1.03 bits per heavy atom. The number of fused-ring (bicyclic) bond motifs is 1. The highest BCUT2D eigenvalue weighted by molar-refractivity contribution is 6.06. The maximum atomic E-state index is 13.4. The summed E-state index contributed by atoms with van der Waals surface area (Å²) in [6, 6.07) is 16.5. The maximum Gasteiger partial charge on any atom is 0.259 e. The van der Waals surface area contributed by atoms with Gasteiger partial charge < -0.3 is 15.5 Å². The molecule has 0 fully saturated rings. The quantitative estimate of drug-likeness (QED) is 0.522. The Labute approximate surface area is 201 Å². The number of hydrogen-bond acceptors (Lipinski definition) is 4. The third-order valence-electron chi connectivity index (χ3n) is 6.23. The van der Waals surface area contributed by atoms with Gasteiger partial charge in [-0.2, -0.15) is 0 Å². The van der Waals surface area contributed by atoms with Gasteiger partial charge in [0.15, 0.2) is 0 Å². The molecule has 0 unspecified atom stereocenters. The van der Waals surface area contributed by atoms with E-state index in [0.717, 1.165) is 54.9 Å². The second kappa shape index (κ2) is 12.3. The van der Waals surface area contributed by atoms with Crippen molar-refractivity contribution in [2.24, 2.45) is 0 Å². The Morgan fingerprint density at radius 3 is 2.68 bits per heavy atom. The lowest BCUT2D eigenvalue weighted by atomic mass is 10.1. The fourth-order valence-corrected chi connectivity index (χ4v) is 4.35. The minimum Gasteiger partial charge on any atom is -0.385 e. The van der Waals surface area contributed by atoms with Gasteiger partial charge in [-0.1, -0.05) is 31.4 Å². The molecule has 1 aromatic heterocycles. The van der Waals surface area contributed by atoms with E-state index in [2.05, 4.69) is 27.8 Å². The van der Waals surface area contributed by atoms with E-state index in [0.29, 0.717) is 18.7 Å². The van der Waals surface area contributed by atoms with E-state index >= 15 is 0 Å². The van der Waals surface area contributed by atoms with Crippen molar-refractivity contribution in [1.29, 1.82) is 0 Å². The van der Waals surface area contributed by atoms with Gasteiger partial charge in [0.05, 0.1) is 5.56 Å². The van der Waals surface area contributed by atoms with E-state index in [4.69, 9.17) is 0 Å². The average molecular weight is 461 g/mol. The number of pyridine rings is 1. The number of carbonyl (C=O) groups is 1. The predicted octanol–water partition coefficient (Wildman–Crippen LogP) is 5.58. The molecule has 0 saturated carbocycles. The number of rotatable bonds is 5. The lowest BCUT2D eigenvalue weighted by Crippen LogP contribution is -2.33. The molecule has 2 N–H and O–H groups in total. The highest BCUT2D eigenvalue weighted by atomic mass is 19.1. The monoisotopic (exact) mass is 460 g/mol. The molecular weight excluding hydrogens is 427 g/mol. The first-order valence-electron chi connectivity index (χ1n) is 12.2. The van der Waals surface area contributed by atoms with E-state index in [1.54, 1.807) is 18.5 Å². The molecule has 3 aromatic rings. The van der Waals surface area contributed by atoms with Crippen LogP contribution in [0.4, 0.5) is 15.8 Å². The second-order valence-corrected chi connectivity index (χ2v) is 8.79. The minimum atomic E-state index is -0.213. The number of nitrogens with zero attached hydrogens (tertiary/aromatic N) is 2. The van der Waals surface area contributed by atoms with Crippen molar-refractivity contribution in [3.8, 4) is 0 Å². The summed E-state index contributed by atoms with van der Waals surface area (Å²) in [4.78, 5) is 19.5. The molecule has 178 valence electrons. The van der Waals surface area contributed by atoms with Gasteiger partial charge in [-0.25, -0.2) is 4.39 Å². The molecule has 2 aromatic carbocycles. The molecule has 2 heterocycles. The van der Waals surface area contributed by atoms with Crippen LogP contribution < -0.4 is 15.5 Å². The lowest BCUT2D eigenvalue weighted by molar-refractivity contribution is 0.0986. The molecule has 5 nitrogen and oxygen atoms in total. The lowest BCUT2D eigenvalue weighted by Gasteiger charge is -2.27. The van der Waals surface area contributed by atoms with Crippen LogP contribution in [0.25, 0.3) is 0 Å². The number of carbonyl (C=O) groups excluding carboxylic acids is 1. The van der Waals surface area contributed by atoms with Crippen molar-refractivity contribution in [3.63, 3.8) is 0 Å². The molecule has 1 aliphatic heterocycles. The Kier molecular flexibility index (Phi) is 8.63. The number of anilines is 2. The number of hydrogen-bond donors (Lipinski definition) is 2. The highest BCUT2D eigenvalue weighted by Gasteiger charge is 2.21. The molecule has 0 bridgehead atoms. The number of amides is 1. The summed E-state index contributed by atoms with van der Waals surface area (Å²) in [5.74, 6) is -0.224. The summed E-state index contributed by atoms with van der Waals surface area (Å²) in [5, 5.41) is 7.04. The maximum absolute atomic E-state index is 13.4. The first kappa shape index (κ1) is 23.9. The first-order chi connectivity index (χ1) is 16.7. The van der Waals surface area contributed by atoms with Gasteiger partial charge in [-0.15, -0.1) is 0 Å². The van der Waals surface area contributed by atoms with Crippen LogP contribution in [-0.4, -0.2) is 30.5 Å².